The van der Waals surface area contributed by atoms with Crippen molar-refractivity contribution in [2.75, 3.05) is 6.61 Å². The Morgan fingerprint density at radius 2 is 1.89 bits per heavy atom. The molecule has 0 heterocycles. The van der Waals surface area contributed by atoms with Crippen LogP contribution in [0.4, 0.5) is 0 Å². The van der Waals surface area contributed by atoms with E-state index in [2.05, 4.69) is 0 Å². The fourth-order valence-electron chi connectivity index (χ4n) is 0.0942. The van der Waals surface area contributed by atoms with Crippen LogP contribution in [0.2, 0.25) is 0 Å². The molecule has 0 aliphatic carbocycles. The fraction of sp³-hybridized carbons (Fsp3) is 1.00. The second kappa shape index (κ2) is 4.48. The van der Waals surface area contributed by atoms with Crippen LogP contribution in [0, 0.1) is 0 Å². The van der Waals surface area contributed by atoms with Crippen LogP contribution in [0.3, 0.4) is 0 Å². The van der Waals surface area contributed by atoms with Gasteiger partial charge in [-0.05, 0) is 6.92 Å². The molecule has 0 aromatic carbocycles. The molecule has 0 aliphatic rings. The number of rotatable bonds is 2. The van der Waals surface area contributed by atoms with Crippen molar-refractivity contribution < 1.29 is 18.1 Å². The van der Waals surface area contributed by atoms with Crippen molar-refractivity contribution in [1.29, 1.82) is 0 Å². The van der Waals surface area contributed by atoms with Crippen LogP contribution in [-0.2, 0) is 10.1 Å². The van der Waals surface area contributed by atoms with Gasteiger partial charge in [-0.2, -0.15) is 8.42 Å². The van der Waals surface area contributed by atoms with E-state index in [0.717, 1.165) is 0 Å². The first-order valence-electron chi connectivity index (χ1n) is 2.05. The van der Waals surface area contributed by atoms with Crippen LogP contribution in [0.5, 0.6) is 0 Å². The van der Waals surface area contributed by atoms with E-state index in [0.29, 0.717) is 0 Å². The zero-order valence-corrected chi connectivity index (χ0v) is 9.96. The van der Waals surface area contributed by atoms with Gasteiger partial charge in [0.05, 0.1) is 6.61 Å². The van der Waals surface area contributed by atoms with Crippen LogP contribution in [-0.4, -0.2) is 53.8 Å². The van der Waals surface area contributed by atoms with Gasteiger partial charge in [0.1, 0.15) is 5.25 Å². The molecule has 6 heteroatoms. The van der Waals surface area contributed by atoms with Gasteiger partial charge >= 0.3 is 23.9 Å². The molecule has 9 heavy (non-hydrogen) atoms. The van der Waals surface area contributed by atoms with Gasteiger partial charge in [0, 0.05) is 0 Å². The Morgan fingerprint density at radius 1 is 1.56 bits per heavy atom. The van der Waals surface area contributed by atoms with E-state index in [1.807, 2.05) is 0 Å². The Labute approximate surface area is 71.0 Å². The zero-order chi connectivity index (χ0) is 6.78. The average Bonchev–Trinajstić information content (AvgIpc) is 1.62. The van der Waals surface area contributed by atoms with Gasteiger partial charge in [0.15, 0.2) is 0 Å². The van der Waals surface area contributed by atoms with Crippen molar-refractivity contribution in [3.05, 3.63) is 0 Å². The molecule has 1 unspecified atom stereocenters. The van der Waals surface area contributed by atoms with Gasteiger partial charge in [0.25, 0.3) is 10.1 Å². The van der Waals surface area contributed by atoms with Gasteiger partial charge in [-0.3, -0.25) is 4.55 Å². The molecule has 0 saturated heterocycles. The van der Waals surface area contributed by atoms with Crippen molar-refractivity contribution in [2.24, 2.45) is 0 Å². The quantitative estimate of drug-likeness (QED) is 0.460. The number of hydrogen-bond acceptors (Lipinski definition) is 3. The van der Waals surface area contributed by atoms with Crippen molar-refractivity contribution in [1.82, 2.24) is 0 Å². The molecule has 0 spiro atoms. The third-order valence-electron chi connectivity index (χ3n) is 0.766. The van der Waals surface area contributed by atoms with E-state index in [1.54, 1.807) is 0 Å². The van der Waals surface area contributed by atoms with Gasteiger partial charge in [0.2, 0.25) is 0 Å². The maximum absolute atomic E-state index is 9.96. The number of hydrogen-bond donors (Lipinski definition) is 2. The van der Waals surface area contributed by atoms with Gasteiger partial charge in [-0.15, -0.1) is 0 Å². The van der Waals surface area contributed by atoms with Gasteiger partial charge < -0.3 is 5.11 Å². The second-order valence-corrected chi connectivity index (χ2v) is 3.34. The Morgan fingerprint density at radius 3 is 1.89 bits per heavy atom. The molecule has 56 valence electrons. The molecule has 0 amide bonds. The first kappa shape index (κ1) is 12.4. The molecule has 0 fully saturated rings. The molecule has 4 nitrogen and oxygen atoms in total. The van der Waals surface area contributed by atoms with E-state index in [1.165, 1.54) is 6.92 Å². The molecule has 1 atom stereocenters. The Kier molecular flexibility index (Phi) is 6.15. The predicted octanol–water partition coefficient (Wildman–Crippen LogP) is -1.66. The molecule has 2 radical (unpaired) electrons. The van der Waals surface area contributed by atoms with E-state index in [4.69, 9.17) is 9.66 Å². The van der Waals surface area contributed by atoms with Crippen molar-refractivity contribution in [3.8, 4) is 0 Å². The fourth-order valence-corrected chi connectivity index (χ4v) is 0.283. The first-order chi connectivity index (χ1) is 3.48. The van der Waals surface area contributed by atoms with Crippen LogP contribution in [0.25, 0.3) is 0 Å². The Balaban J connectivity index is 0. The summed E-state index contributed by atoms with van der Waals surface area (Å²) in [6.07, 6.45) is 0. The molecular formula is C3H10O4SSn. The van der Waals surface area contributed by atoms with Gasteiger partial charge in [-0.25, -0.2) is 0 Å². The summed E-state index contributed by atoms with van der Waals surface area (Å²) in [5.74, 6) is 0. The van der Waals surface area contributed by atoms with Crippen LogP contribution in [0.1, 0.15) is 6.92 Å². The summed E-state index contributed by atoms with van der Waals surface area (Å²) in [6.45, 7) is 0.675. The maximum atomic E-state index is 9.96. The summed E-state index contributed by atoms with van der Waals surface area (Å²) in [5.41, 5.74) is 0. The minimum absolute atomic E-state index is 0. The number of aliphatic hydroxyl groups is 1. The summed E-state index contributed by atoms with van der Waals surface area (Å²) in [4.78, 5) is 0. The Hall–Kier alpha value is 0.669. The first-order valence-corrected chi connectivity index (χ1v) is 3.56. The second-order valence-electron chi connectivity index (χ2n) is 1.51. The van der Waals surface area contributed by atoms with E-state index in [9.17, 15) is 8.42 Å². The van der Waals surface area contributed by atoms with E-state index in [-0.39, 0.29) is 23.9 Å². The molecule has 0 bridgehead atoms. The topological polar surface area (TPSA) is 74.6 Å². The standard InChI is InChI=1S/C3H8O4S.Sn.2H/c1-3(2-4)8(5,6)7;;;/h3-4H,2H2,1H3,(H,5,6,7);;;. The average molecular weight is 261 g/mol. The van der Waals surface area contributed by atoms with Crippen molar-refractivity contribution in [2.45, 2.75) is 12.2 Å². The van der Waals surface area contributed by atoms with Gasteiger partial charge in [-0.1, -0.05) is 0 Å². The summed E-state index contributed by atoms with van der Waals surface area (Å²) < 4.78 is 28.0. The summed E-state index contributed by atoms with van der Waals surface area (Å²) >= 11 is 0. The minimum atomic E-state index is -4.00. The SMILES string of the molecule is CC(CO)S(=O)(=O)O.[SnH2]. The third-order valence-corrected chi connectivity index (χ3v) is 1.93. The number of aliphatic hydroxyl groups excluding tert-OH is 1. The zero-order valence-electron chi connectivity index (χ0n) is 5.11. The van der Waals surface area contributed by atoms with Crippen LogP contribution in [0.15, 0.2) is 0 Å². The molecule has 0 aliphatic heterocycles. The van der Waals surface area contributed by atoms with Crippen molar-refractivity contribution >= 4 is 34.0 Å². The Bertz CT molecular complexity index is 151. The molecule has 2 N–H and O–H groups in total. The normalized spacial score (nSPS) is 14.1. The molecular weight excluding hydrogens is 251 g/mol. The molecule has 0 saturated carbocycles. The van der Waals surface area contributed by atoms with E-state index >= 15 is 0 Å². The summed E-state index contributed by atoms with van der Waals surface area (Å²) in [6, 6.07) is 0. The summed E-state index contributed by atoms with van der Waals surface area (Å²) in [5, 5.41) is 7.06. The monoisotopic (exact) mass is 262 g/mol. The third kappa shape index (κ3) is 5.13. The predicted molar refractivity (Wildman–Crippen MR) is 36.6 cm³/mol. The molecule has 0 aromatic rings. The molecule has 0 rings (SSSR count). The van der Waals surface area contributed by atoms with Crippen LogP contribution >= 0.6 is 0 Å². The van der Waals surface area contributed by atoms with Crippen LogP contribution < -0.4 is 0 Å². The molecule has 0 aromatic heterocycles. The van der Waals surface area contributed by atoms with Crippen molar-refractivity contribution in [3.63, 3.8) is 0 Å². The van der Waals surface area contributed by atoms with E-state index < -0.39 is 22.0 Å². The summed E-state index contributed by atoms with van der Waals surface area (Å²) in [7, 11) is -4.00.